The molecule has 2 amide bonds. The highest BCUT2D eigenvalue weighted by Gasteiger charge is 2.09. The standard InChI is InChI=1S/C6H13N2O/c1-4-8(5(2)3)6(7)9/h5,7H,4H2,1-3H3. The highest BCUT2D eigenvalue weighted by atomic mass is 16.2. The lowest BCUT2D eigenvalue weighted by molar-refractivity contribution is 0.195. The van der Waals surface area contributed by atoms with Crippen LogP contribution in [0.3, 0.4) is 0 Å². The summed E-state index contributed by atoms with van der Waals surface area (Å²) in [6, 6.07) is -0.438. The maximum atomic E-state index is 10.4. The number of carbonyl (C=O) groups excluding carboxylic acids is 1. The molecule has 0 rings (SSSR count). The van der Waals surface area contributed by atoms with Crippen molar-refractivity contribution in [3.8, 4) is 0 Å². The van der Waals surface area contributed by atoms with E-state index < -0.39 is 6.03 Å². The van der Waals surface area contributed by atoms with E-state index >= 15 is 0 Å². The molecule has 0 fully saturated rings. The van der Waals surface area contributed by atoms with Crippen LogP contribution in [0.4, 0.5) is 4.79 Å². The molecule has 0 aliphatic carbocycles. The van der Waals surface area contributed by atoms with Gasteiger partial charge in [-0.2, -0.15) is 0 Å². The lowest BCUT2D eigenvalue weighted by Gasteiger charge is -2.21. The Balaban J connectivity index is 3.83. The van der Waals surface area contributed by atoms with Gasteiger partial charge in [0.1, 0.15) is 0 Å². The van der Waals surface area contributed by atoms with Gasteiger partial charge < -0.3 is 4.90 Å². The lowest BCUT2D eigenvalue weighted by Crippen LogP contribution is -2.36. The van der Waals surface area contributed by atoms with Crippen molar-refractivity contribution in [2.45, 2.75) is 26.8 Å². The van der Waals surface area contributed by atoms with Crippen molar-refractivity contribution in [3.63, 3.8) is 0 Å². The molecule has 0 bridgehead atoms. The number of amides is 2. The second-order valence-corrected chi connectivity index (χ2v) is 2.18. The van der Waals surface area contributed by atoms with Gasteiger partial charge >= 0.3 is 6.03 Å². The van der Waals surface area contributed by atoms with Gasteiger partial charge in [0.2, 0.25) is 0 Å². The Labute approximate surface area is 55.8 Å². The molecule has 53 valence electrons. The topological polar surface area (TPSA) is 44.1 Å². The highest BCUT2D eigenvalue weighted by molar-refractivity contribution is 5.71. The third kappa shape index (κ3) is 2.35. The maximum absolute atomic E-state index is 10.4. The fourth-order valence-electron chi connectivity index (χ4n) is 0.743. The molecule has 1 radical (unpaired) electrons. The van der Waals surface area contributed by atoms with Crippen molar-refractivity contribution < 1.29 is 4.79 Å². The monoisotopic (exact) mass is 129 g/mol. The van der Waals surface area contributed by atoms with E-state index in [1.165, 1.54) is 4.90 Å². The number of rotatable bonds is 2. The molecule has 0 aromatic rings. The first-order chi connectivity index (χ1) is 4.09. The van der Waals surface area contributed by atoms with Crippen LogP contribution < -0.4 is 5.73 Å². The first-order valence-corrected chi connectivity index (χ1v) is 3.11. The Bertz CT molecular complexity index is 101. The molecule has 0 heterocycles. The molecule has 0 aliphatic heterocycles. The summed E-state index contributed by atoms with van der Waals surface area (Å²) in [5.74, 6) is 0. The van der Waals surface area contributed by atoms with Crippen LogP contribution in [-0.2, 0) is 0 Å². The number of carbonyl (C=O) groups is 1. The molecule has 0 saturated carbocycles. The van der Waals surface area contributed by atoms with Crippen LogP contribution in [0.5, 0.6) is 0 Å². The van der Waals surface area contributed by atoms with Crippen molar-refractivity contribution in [3.05, 3.63) is 0 Å². The average molecular weight is 129 g/mol. The van der Waals surface area contributed by atoms with Gasteiger partial charge in [0.25, 0.3) is 0 Å². The molecule has 0 spiro atoms. The molecular weight excluding hydrogens is 116 g/mol. The van der Waals surface area contributed by atoms with Gasteiger partial charge in [-0.3, -0.25) is 0 Å². The second-order valence-electron chi connectivity index (χ2n) is 2.18. The second kappa shape index (κ2) is 3.33. The first kappa shape index (κ1) is 8.27. The van der Waals surface area contributed by atoms with Crippen LogP contribution in [0.1, 0.15) is 20.8 Å². The van der Waals surface area contributed by atoms with E-state index in [0.717, 1.165) is 0 Å². The number of urea groups is 1. The Kier molecular flexibility index (Phi) is 3.06. The quantitative estimate of drug-likeness (QED) is 0.551. The fraction of sp³-hybridized carbons (Fsp3) is 0.833. The number of hydrogen-bond donors (Lipinski definition) is 0. The zero-order chi connectivity index (χ0) is 7.44. The van der Waals surface area contributed by atoms with Gasteiger partial charge in [-0.25, -0.2) is 10.5 Å². The molecule has 3 nitrogen and oxygen atoms in total. The van der Waals surface area contributed by atoms with Crippen molar-refractivity contribution in [1.29, 1.82) is 0 Å². The zero-order valence-electron chi connectivity index (χ0n) is 6.14. The molecule has 0 unspecified atom stereocenters. The van der Waals surface area contributed by atoms with Gasteiger partial charge in [-0.05, 0) is 20.8 Å². The van der Waals surface area contributed by atoms with E-state index in [-0.39, 0.29) is 6.04 Å². The first-order valence-electron chi connectivity index (χ1n) is 3.11. The van der Waals surface area contributed by atoms with Gasteiger partial charge in [0, 0.05) is 12.6 Å². The van der Waals surface area contributed by atoms with E-state index in [4.69, 9.17) is 5.73 Å². The molecule has 3 heteroatoms. The summed E-state index contributed by atoms with van der Waals surface area (Å²) in [7, 11) is 0. The fourth-order valence-corrected chi connectivity index (χ4v) is 0.743. The van der Waals surface area contributed by atoms with Crippen molar-refractivity contribution in [2.75, 3.05) is 6.54 Å². The van der Waals surface area contributed by atoms with E-state index in [2.05, 4.69) is 0 Å². The molecule has 0 atom stereocenters. The van der Waals surface area contributed by atoms with Crippen molar-refractivity contribution >= 4 is 6.03 Å². The molecule has 0 aliphatic rings. The van der Waals surface area contributed by atoms with Crippen LogP contribution in [0.15, 0.2) is 0 Å². The van der Waals surface area contributed by atoms with Crippen molar-refractivity contribution in [1.82, 2.24) is 10.6 Å². The Hall–Kier alpha value is -0.730. The highest BCUT2D eigenvalue weighted by Crippen LogP contribution is 1.95. The van der Waals surface area contributed by atoms with Crippen LogP contribution in [0, 0.1) is 0 Å². The minimum atomic E-state index is -0.590. The van der Waals surface area contributed by atoms with Crippen molar-refractivity contribution in [2.24, 2.45) is 0 Å². The zero-order valence-corrected chi connectivity index (χ0v) is 6.14. The predicted molar refractivity (Wildman–Crippen MR) is 36.0 cm³/mol. The summed E-state index contributed by atoms with van der Waals surface area (Å²) in [6.07, 6.45) is 0. The molecular formula is C6H13N2O. The van der Waals surface area contributed by atoms with Gasteiger partial charge in [0.15, 0.2) is 0 Å². The largest absolute Gasteiger partial charge is 0.336 e. The SMILES string of the molecule is CCN(C([NH])=O)C(C)C. The average Bonchev–Trinajstić information content (AvgIpc) is 1.64. The van der Waals surface area contributed by atoms with E-state index in [9.17, 15) is 4.79 Å². The van der Waals surface area contributed by atoms with Gasteiger partial charge in [0.05, 0.1) is 0 Å². The lowest BCUT2D eigenvalue weighted by atomic mass is 10.3. The normalized spacial score (nSPS) is 9.78. The van der Waals surface area contributed by atoms with Crippen LogP contribution in [0.25, 0.3) is 0 Å². The molecule has 0 aromatic heterocycles. The molecule has 0 saturated heterocycles. The third-order valence-electron chi connectivity index (χ3n) is 1.22. The van der Waals surface area contributed by atoms with Gasteiger partial charge in [-0.15, -0.1) is 0 Å². The predicted octanol–water partition coefficient (Wildman–Crippen LogP) is 1.12. The van der Waals surface area contributed by atoms with Crippen LogP contribution in [-0.4, -0.2) is 23.5 Å². The number of nitrogens with zero attached hydrogens (tertiary/aromatic N) is 1. The molecule has 1 N–H and O–H groups in total. The number of hydrogen-bond acceptors (Lipinski definition) is 1. The summed E-state index contributed by atoms with van der Waals surface area (Å²) in [5, 5.41) is 0. The van der Waals surface area contributed by atoms with Crippen LogP contribution in [0.2, 0.25) is 0 Å². The van der Waals surface area contributed by atoms with E-state index in [1.807, 2.05) is 20.8 Å². The summed E-state index contributed by atoms with van der Waals surface area (Å²) < 4.78 is 0. The Morgan fingerprint density at radius 1 is 1.67 bits per heavy atom. The summed E-state index contributed by atoms with van der Waals surface area (Å²) in [6.45, 7) is 6.29. The summed E-state index contributed by atoms with van der Waals surface area (Å²) >= 11 is 0. The maximum Gasteiger partial charge on any atom is 0.336 e. The van der Waals surface area contributed by atoms with Gasteiger partial charge in [-0.1, -0.05) is 0 Å². The Morgan fingerprint density at radius 3 is 2.11 bits per heavy atom. The minimum absolute atomic E-state index is 0.153. The Morgan fingerprint density at radius 2 is 2.11 bits per heavy atom. The summed E-state index contributed by atoms with van der Waals surface area (Å²) in [4.78, 5) is 11.9. The molecule has 0 aromatic carbocycles. The number of nitrogens with one attached hydrogen (secondary N) is 1. The molecule has 9 heavy (non-hydrogen) atoms. The summed E-state index contributed by atoms with van der Waals surface area (Å²) in [5.41, 5.74) is 6.75. The van der Waals surface area contributed by atoms with E-state index in [0.29, 0.717) is 6.54 Å². The van der Waals surface area contributed by atoms with Crippen LogP contribution >= 0.6 is 0 Å². The van der Waals surface area contributed by atoms with E-state index in [1.54, 1.807) is 0 Å². The third-order valence-corrected chi connectivity index (χ3v) is 1.22. The smallest absolute Gasteiger partial charge is 0.321 e. The minimum Gasteiger partial charge on any atom is -0.321 e.